The maximum absolute atomic E-state index is 4.08. The average Bonchev–Trinajstić information content (AvgIpc) is 2.46. The van der Waals surface area contributed by atoms with Crippen molar-refractivity contribution in [1.82, 2.24) is 4.98 Å². The van der Waals surface area contributed by atoms with Gasteiger partial charge in [-0.15, -0.1) is 0 Å². The number of rotatable bonds is 4. The highest BCUT2D eigenvalue weighted by Gasteiger charge is 2.17. The highest BCUT2D eigenvalue weighted by Crippen LogP contribution is 2.37. The lowest BCUT2D eigenvalue weighted by atomic mass is 9.93. The van der Waals surface area contributed by atoms with Gasteiger partial charge in [0, 0.05) is 17.2 Å². The van der Waals surface area contributed by atoms with E-state index in [0.29, 0.717) is 16.7 Å². The van der Waals surface area contributed by atoms with E-state index in [1.807, 2.05) is 12.4 Å². The predicted octanol–water partition coefficient (Wildman–Crippen LogP) is 5.44. The summed E-state index contributed by atoms with van der Waals surface area (Å²) in [6.07, 6.45) is 3.71. The fraction of sp³-hybridized carbons (Fsp3) is 0.353. The van der Waals surface area contributed by atoms with Crippen LogP contribution in [0, 0.1) is 0 Å². The molecule has 0 bridgehead atoms. The molecule has 2 atom stereocenters. The van der Waals surface area contributed by atoms with E-state index >= 15 is 0 Å². The third-order valence-corrected chi connectivity index (χ3v) is 4.91. The Morgan fingerprint density at radius 3 is 1.84 bits per heavy atom. The zero-order chi connectivity index (χ0) is 13.8. The number of halogens is 1. The number of aromatic nitrogens is 1. The Labute approximate surface area is 124 Å². The Kier molecular flexibility index (Phi) is 4.76. The van der Waals surface area contributed by atoms with Gasteiger partial charge in [-0.25, -0.2) is 0 Å². The van der Waals surface area contributed by atoms with E-state index in [4.69, 9.17) is 0 Å². The van der Waals surface area contributed by atoms with Crippen molar-refractivity contribution in [3.63, 3.8) is 0 Å². The summed E-state index contributed by atoms with van der Waals surface area (Å²) in [6.45, 7) is 6.69. The average molecular weight is 318 g/mol. The van der Waals surface area contributed by atoms with Crippen LogP contribution in [-0.4, -0.2) is 4.98 Å². The number of hydrogen-bond donors (Lipinski definition) is 0. The van der Waals surface area contributed by atoms with Gasteiger partial charge in [-0.3, -0.25) is 4.98 Å². The van der Waals surface area contributed by atoms with Crippen molar-refractivity contribution in [2.75, 3.05) is 0 Å². The molecule has 0 aliphatic rings. The van der Waals surface area contributed by atoms with Crippen LogP contribution in [0.25, 0.3) is 0 Å². The van der Waals surface area contributed by atoms with Crippen molar-refractivity contribution >= 4 is 15.9 Å². The van der Waals surface area contributed by atoms with Crippen molar-refractivity contribution in [2.45, 2.75) is 37.4 Å². The number of pyridine rings is 1. The zero-order valence-electron chi connectivity index (χ0n) is 11.7. The molecule has 0 aliphatic carbocycles. The molecule has 19 heavy (non-hydrogen) atoms. The van der Waals surface area contributed by atoms with Crippen molar-refractivity contribution in [1.29, 1.82) is 0 Å². The van der Waals surface area contributed by atoms with Gasteiger partial charge in [-0.1, -0.05) is 61.0 Å². The van der Waals surface area contributed by atoms with Crippen LogP contribution in [0.3, 0.4) is 0 Å². The number of nitrogens with zero attached hydrogens (tertiary/aromatic N) is 1. The van der Waals surface area contributed by atoms with E-state index in [9.17, 15) is 0 Å². The third kappa shape index (κ3) is 3.44. The summed E-state index contributed by atoms with van der Waals surface area (Å²) in [6, 6.07) is 13.1. The van der Waals surface area contributed by atoms with Gasteiger partial charge in [-0.2, -0.15) is 0 Å². The molecule has 1 nitrogen and oxygen atoms in total. The highest BCUT2D eigenvalue weighted by molar-refractivity contribution is 9.09. The van der Waals surface area contributed by atoms with Crippen LogP contribution in [0.4, 0.5) is 0 Å². The second kappa shape index (κ2) is 6.33. The van der Waals surface area contributed by atoms with Gasteiger partial charge in [0.25, 0.3) is 0 Å². The van der Waals surface area contributed by atoms with Crippen LogP contribution >= 0.6 is 15.9 Å². The summed E-state index contributed by atoms with van der Waals surface area (Å²) < 4.78 is 0. The molecule has 1 heterocycles. The first-order valence-corrected chi connectivity index (χ1v) is 7.65. The summed E-state index contributed by atoms with van der Waals surface area (Å²) in [4.78, 5) is 4.41. The van der Waals surface area contributed by atoms with Crippen molar-refractivity contribution < 1.29 is 0 Å². The van der Waals surface area contributed by atoms with E-state index in [2.05, 4.69) is 78.1 Å². The predicted molar refractivity (Wildman–Crippen MR) is 84.9 cm³/mol. The molecular formula is C17H20BrN. The molecule has 1 aromatic heterocycles. The van der Waals surface area contributed by atoms with Crippen LogP contribution in [0.15, 0.2) is 48.8 Å². The first-order chi connectivity index (χ1) is 9.09. The molecule has 0 saturated carbocycles. The van der Waals surface area contributed by atoms with Gasteiger partial charge in [-0.05, 0) is 40.7 Å². The van der Waals surface area contributed by atoms with E-state index < -0.39 is 0 Å². The van der Waals surface area contributed by atoms with E-state index in [0.717, 1.165) is 0 Å². The Morgan fingerprint density at radius 2 is 1.32 bits per heavy atom. The summed E-state index contributed by atoms with van der Waals surface area (Å²) in [7, 11) is 0. The number of benzene rings is 1. The Bertz CT molecular complexity index is 505. The van der Waals surface area contributed by atoms with Crippen LogP contribution in [0.1, 0.15) is 54.1 Å². The molecule has 0 saturated heterocycles. The lowest BCUT2D eigenvalue weighted by Crippen LogP contribution is -2.02. The largest absolute Gasteiger partial charge is 0.265 e. The summed E-state index contributed by atoms with van der Waals surface area (Å²) in [5.74, 6) is 1.01. The Balaban J connectivity index is 2.17. The van der Waals surface area contributed by atoms with E-state index in [1.165, 1.54) is 16.7 Å². The minimum Gasteiger partial charge on any atom is -0.265 e. The van der Waals surface area contributed by atoms with E-state index in [-0.39, 0.29) is 0 Å². The number of hydrogen-bond acceptors (Lipinski definition) is 1. The molecule has 0 radical (unpaired) electrons. The van der Waals surface area contributed by atoms with Gasteiger partial charge in [0.1, 0.15) is 0 Å². The lowest BCUT2D eigenvalue weighted by Gasteiger charge is -2.19. The quantitative estimate of drug-likeness (QED) is 0.684. The second-order valence-electron chi connectivity index (χ2n) is 5.29. The SMILES string of the molecule is CC(C)c1ccc(C(Br)C(C)c2ccncc2)cc1. The molecule has 2 heteroatoms. The molecule has 100 valence electrons. The fourth-order valence-electron chi connectivity index (χ4n) is 2.19. The first kappa shape index (κ1) is 14.3. The maximum atomic E-state index is 4.08. The van der Waals surface area contributed by atoms with Gasteiger partial charge in [0.2, 0.25) is 0 Å². The molecule has 0 amide bonds. The summed E-state index contributed by atoms with van der Waals surface area (Å²) >= 11 is 3.83. The lowest BCUT2D eigenvalue weighted by molar-refractivity contribution is 0.748. The Hall–Kier alpha value is -1.15. The molecular weight excluding hydrogens is 298 g/mol. The summed E-state index contributed by atoms with van der Waals surface area (Å²) in [5.41, 5.74) is 4.03. The van der Waals surface area contributed by atoms with Crippen LogP contribution in [-0.2, 0) is 0 Å². The smallest absolute Gasteiger partial charge is 0.0461 e. The van der Waals surface area contributed by atoms with Crippen LogP contribution < -0.4 is 0 Å². The molecule has 0 N–H and O–H groups in total. The number of alkyl halides is 1. The normalized spacial score (nSPS) is 14.4. The monoisotopic (exact) mass is 317 g/mol. The molecule has 2 rings (SSSR count). The first-order valence-electron chi connectivity index (χ1n) is 6.73. The minimum atomic E-state index is 0.330. The highest BCUT2D eigenvalue weighted by atomic mass is 79.9. The topological polar surface area (TPSA) is 12.9 Å². The van der Waals surface area contributed by atoms with Crippen molar-refractivity contribution in [3.05, 3.63) is 65.5 Å². The molecule has 0 fully saturated rings. The van der Waals surface area contributed by atoms with Crippen LogP contribution in [0.5, 0.6) is 0 Å². The van der Waals surface area contributed by atoms with Crippen molar-refractivity contribution in [3.8, 4) is 0 Å². The van der Waals surface area contributed by atoms with Gasteiger partial charge in [0.15, 0.2) is 0 Å². The molecule has 2 unspecified atom stereocenters. The second-order valence-corrected chi connectivity index (χ2v) is 6.28. The Morgan fingerprint density at radius 1 is 0.789 bits per heavy atom. The van der Waals surface area contributed by atoms with Gasteiger partial charge >= 0.3 is 0 Å². The van der Waals surface area contributed by atoms with E-state index in [1.54, 1.807) is 0 Å². The molecule has 0 aliphatic heterocycles. The van der Waals surface area contributed by atoms with Gasteiger partial charge in [0.05, 0.1) is 0 Å². The molecule has 2 aromatic rings. The third-order valence-electron chi connectivity index (χ3n) is 3.59. The van der Waals surface area contributed by atoms with Crippen LogP contribution in [0.2, 0.25) is 0 Å². The fourth-order valence-corrected chi connectivity index (χ4v) is 2.80. The minimum absolute atomic E-state index is 0.330. The standard InChI is InChI=1S/C17H20BrN/c1-12(2)14-4-6-16(7-5-14)17(18)13(3)15-8-10-19-11-9-15/h4-13,17H,1-3H3. The molecule has 0 spiro atoms. The summed E-state index contributed by atoms with van der Waals surface area (Å²) in [5, 5.41) is 0. The zero-order valence-corrected chi connectivity index (χ0v) is 13.3. The molecule has 1 aromatic carbocycles. The maximum Gasteiger partial charge on any atom is 0.0461 e. The van der Waals surface area contributed by atoms with Crippen molar-refractivity contribution in [2.24, 2.45) is 0 Å². The van der Waals surface area contributed by atoms with Gasteiger partial charge < -0.3 is 0 Å².